The Kier molecular flexibility index (Phi) is 7.82. The Bertz CT molecular complexity index is 154. The third-order valence-corrected chi connectivity index (χ3v) is 1.24. The molecule has 0 aromatic carbocycles. The third-order valence-electron chi connectivity index (χ3n) is 1.24. The van der Waals surface area contributed by atoms with Gasteiger partial charge in [0, 0.05) is 6.42 Å². The lowest BCUT2D eigenvalue weighted by molar-refractivity contribution is -0.816. The van der Waals surface area contributed by atoms with Crippen molar-refractivity contribution >= 4 is 5.78 Å². The van der Waals surface area contributed by atoms with Crippen molar-refractivity contribution in [3.8, 4) is 0 Å². The van der Waals surface area contributed by atoms with Crippen LogP contribution >= 0.6 is 0 Å². The van der Waals surface area contributed by atoms with Crippen LogP contribution in [0.2, 0.25) is 0 Å². The highest BCUT2D eigenvalue weighted by molar-refractivity contribution is 5.75. The zero-order valence-corrected chi connectivity index (χ0v) is 9.92. The van der Waals surface area contributed by atoms with Gasteiger partial charge in [-0.3, -0.25) is 0 Å². The van der Waals surface area contributed by atoms with Crippen LogP contribution in [0.3, 0.4) is 0 Å². The van der Waals surface area contributed by atoms with E-state index in [1.54, 1.807) is 6.92 Å². The maximum Gasteiger partial charge on any atom is 0.130 e. The molecule has 0 amide bonds. The summed E-state index contributed by atoms with van der Waals surface area (Å²) >= 11 is 0. The van der Waals surface area contributed by atoms with E-state index in [-0.39, 0.29) is 5.78 Å². The van der Waals surface area contributed by atoms with E-state index in [2.05, 4.69) is 27.7 Å². The van der Waals surface area contributed by atoms with Crippen molar-refractivity contribution in [2.24, 2.45) is 5.92 Å². The van der Waals surface area contributed by atoms with E-state index in [0.29, 0.717) is 5.92 Å². The SMILES string of the molecule is C=C[N+](C)(C)C.CC(=O)CC(C)C. The molecular weight excluding hydrogens is 162 g/mol. The van der Waals surface area contributed by atoms with E-state index in [1.807, 2.05) is 20.0 Å². The molecule has 0 aliphatic rings. The molecule has 0 N–H and O–H groups in total. The lowest BCUT2D eigenvalue weighted by atomic mass is 10.1. The molecule has 0 aliphatic carbocycles. The number of carbonyl (C=O) groups is 1. The fourth-order valence-corrected chi connectivity index (χ4v) is 0.575. The summed E-state index contributed by atoms with van der Waals surface area (Å²) in [5.74, 6) is 0.813. The molecule has 0 aromatic rings. The highest BCUT2D eigenvalue weighted by atomic mass is 16.1. The molecule has 0 radical (unpaired) electrons. The van der Waals surface area contributed by atoms with E-state index in [0.717, 1.165) is 10.9 Å². The average Bonchev–Trinajstić information content (AvgIpc) is 1.84. The molecule has 0 fully saturated rings. The van der Waals surface area contributed by atoms with Gasteiger partial charge in [-0.05, 0) is 19.4 Å². The summed E-state index contributed by atoms with van der Waals surface area (Å²) < 4.78 is 0.833. The van der Waals surface area contributed by atoms with E-state index >= 15 is 0 Å². The zero-order valence-electron chi connectivity index (χ0n) is 9.92. The molecule has 2 nitrogen and oxygen atoms in total. The Hall–Kier alpha value is -0.630. The van der Waals surface area contributed by atoms with E-state index in [1.165, 1.54) is 0 Å². The predicted molar refractivity (Wildman–Crippen MR) is 58.4 cm³/mol. The second kappa shape index (κ2) is 6.84. The molecule has 0 spiro atoms. The van der Waals surface area contributed by atoms with Crippen molar-refractivity contribution in [2.75, 3.05) is 21.1 Å². The summed E-state index contributed by atoms with van der Waals surface area (Å²) in [7, 11) is 6.19. The second-order valence-corrected chi connectivity index (χ2v) is 4.60. The molecule has 13 heavy (non-hydrogen) atoms. The van der Waals surface area contributed by atoms with Crippen molar-refractivity contribution in [1.82, 2.24) is 0 Å². The molecule has 0 aliphatic heterocycles. The van der Waals surface area contributed by atoms with Gasteiger partial charge in [0.1, 0.15) is 5.78 Å². The Morgan fingerprint density at radius 2 is 1.69 bits per heavy atom. The number of carbonyl (C=O) groups excluding carboxylic acids is 1. The van der Waals surface area contributed by atoms with Gasteiger partial charge in [0.15, 0.2) is 0 Å². The van der Waals surface area contributed by atoms with Gasteiger partial charge in [0.2, 0.25) is 0 Å². The van der Waals surface area contributed by atoms with Gasteiger partial charge in [-0.2, -0.15) is 0 Å². The minimum Gasteiger partial charge on any atom is -0.305 e. The smallest absolute Gasteiger partial charge is 0.130 e. The van der Waals surface area contributed by atoms with Crippen molar-refractivity contribution < 1.29 is 9.28 Å². The number of quaternary nitrogens is 1. The van der Waals surface area contributed by atoms with Crippen LogP contribution in [-0.2, 0) is 4.79 Å². The number of nitrogens with zero attached hydrogens (tertiary/aromatic N) is 1. The Balaban J connectivity index is 0. The molecule has 0 heterocycles. The zero-order chi connectivity index (χ0) is 11.1. The van der Waals surface area contributed by atoms with E-state index in [4.69, 9.17) is 0 Å². The fourth-order valence-electron chi connectivity index (χ4n) is 0.575. The molecule has 0 saturated heterocycles. The van der Waals surface area contributed by atoms with Crippen molar-refractivity contribution in [1.29, 1.82) is 0 Å². The predicted octanol–water partition coefficient (Wildman–Crippen LogP) is 2.46. The van der Waals surface area contributed by atoms with Crippen molar-refractivity contribution in [3.63, 3.8) is 0 Å². The Morgan fingerprint density at radius 3 is 1.69 bits per heavy atom. The lowest BCUT2D eigenvalue weighted by Crippen LogP contribution is -2.25. The van der Waals surface area contributed by atoms with Crippen LogP contribution in [-0.4, -0.2) is 31.4 Å². The number of hydrogen-bond acceptors (Lipinski definition) is 1. The molecule has 0 rings (SSSR count). The van der Waals surface area contributed by atoms with Crippen LogP contribution in [0.5, 0.6) is 0 Å². The van der Waals surface area contributed by atoms with Gasteiger partial charge >= 0.3 is 0 Å². The summed E-state index contributed by atoms with van der Waals surface area (Å²) in [5.41, 5.74) is 0. The summed E-state index contributed by atoms with van der Waals surface area (Å²) in [4.78, 5) is 10.3. The summed E-state index contributed by atoms with van der Waals surface area (Å²) in [6.07, 6.45) is 2.60. The number of rotatable bonds is 3. The maximum absolute atomic E-state index is 10.3. The van der Waals surface area contributed by atoms with Gasteiger partial charge in [-0.25, -0.2) is 0 Å². The van der Waals surface area contributed by atoms with Crippen LogP contribution in [0, 0.1) is 5.92 Å². The molecule has 0 atom stereocenters. The van der Waals surface area contributed by atoms with Gasteiger partial charge in [-0.15, -0.1) is 0 Å². The topological polar surface area (TPSA) is 17.1 Å². The molecule has 0 unspecified atom stereocenters. The van der Waals surface area contributed by atoms with Gasteiger partial charge in [0.05, 0.1) is 27.3 Å². The Labute approximate surface area is 82.8 Å². The van der Waals surface area contributed by atoms with Crippen molar-refractivity contribution in [2.45, 2.75) is 27.2 Å². The van der Waals surface area contributed by atoms with Gasteiger partial charge in [-0.1, -0.05) is 13.8 Å². The van der Waals surface area contributed by atoms with Crippen LogP contribution in [0.15, 0.2) is 12.8 Å². The molecule has 0 bridgehead atoms. The largest absolute Gasteiger partial charge is 0.305 e. The van der Waals surface area contributed by atoms with Gasteiger partial charge < -0.3 is 9.28 Å². The number of ketones is 1. The molecule has 0 aromatic heterocycles. The molecule has 78 valence electrons. The van der Waals surface area contributed by atoms with Gasteiger partial charge in [0.25, 0.3) is 0 Å². The minimum absolute atomic E-state index is 0.287. The highest BCUT2D eigenvalue weighted by Gasteiger charge is 1.95. The van der Waals surface area contributed by atoms with E-state index in [9.17, 15) is 4.79 Å². The highest BCUT2D eigenvalue weighted by Crippen LogP contribution is 1.97. The fraction of sp³-hybridized carbons (Fsp3) is 0.727. The van der Waals surface area contributed by atoms with Crippen molar-refractivity contribution in [3.05, 3.63) is 12.8 Å². The maximum atomic E-state index is 10.3. The summed E-state index contributed by atoms with van der Waals surface area (Å²) in [6, 6.07) is 0. The average molecular weight is 186 g/mol. The summed E-state index contributed by atoms with van der Waals surface area (Å²) in [6.45, 7) is 9.32. The quantitative estimate of drug-likeness (QED) is 0.619. The second-order valence-electron chi connectivity index (χ2n) is 4.60. The normalized spacial score (nSPS) is 10.4. The number of hydrogen-bond donors (Lipinski definition) is 0. The first kappa shape index (κ1) is 14.9. The van der Waals surface area contributed by atoms with Crippen LogP contribution in [0.1, 0.15) is 27.2 Å². The minimum atomic E-state index is 0.287. The Morgan fingerprint density at radius 1 is 1.38 bits per heavy atom. The monoisotopic (exact) mass is 186 g/mol. The van der Waals surface area contributed by atoms with E-state index < -0.39 is 0 Å². The first-order valence-corrected chi connectivity index (χ1v) is 4.63. The molecular formula is C11H24NO+. The van der Waals surface area contributed by atoms with Crippen LogP contribution in [0.25, 0.3) is 0 Å². The molecule has 2 heteroatoms. The number of Topliss-reactive ketones (excluding diaryl/α,β-unsaturated/α-hetero) is 1. The third kappa shape index (κ3) is 24.6. The van der Waals surface area contributed by atoms with Crippen LogP contribution < -0.4 is 0 Å². The molecule has 0 saturated carbocycles. The standard InChI is InChI=1S/C6H12O.C5H12N/c1-5(2)4-6(3)7;1-5-6(2,3)4/h5H,4H2,1-3H3;5H,1H2,2-4H3/q;+1. The first-order valence-electron chi connectivity index (χ1n) is 4.63. The lowest BCUT2D eigenvalue weighted by Gasteiger charge is -2.15. The summed E-state index contributed by atoms with van der Waals surface area (Å²) in [5, 5.41) is 0. The van der Waals surface area contributed by atoms with Crippen LogP contribution in [0.4, 0.5) is 0 Å². The first-order chi connectivity index (χ1) is 5.69.